The summed E-state index contributed by atoms with van der Waals surface area (Å²) < 4.78 is 43.1. The van der Waals surface area contributed by atoms with Crippen molar-refractivity contribution in [2.24, 2.45) is 0 Å². The maximum absolute atomic E-state index is 12.7. The van der Waals surface area contributed by atoms with E-state index in [-0.39, 0.29) is 32.2 Å². The van der Waals surface area contributed by atoms with Crippen molar-refractivity contribution in [1.29, 1.82) is 0 Å². The maximum atomic E-state index is 12.7. The summed E-state index contributed by atoms with van der Waals surface area (Å²) in [5.41, 5.74) is 1.43. The van der Waals surface area contributed by atoms with Crippen LogP contribution in [0.3, 0.4) is 0 Å². The fraction of sp³-hybridized carbons (Fsp3) is 0.556. The summed E-state index contributed by atoms with van der Waals surface area (Å²) in [6.45, 7) is 1.12. The summed E-state index contributed by atoms with van der Waals surface area (Å²) in [6, 6.07) is 5.95. The molecule has 1 atom stereocenters. The van der Waals surface area contributed by atoms with Gasteiger partial charge >= 0.3 is 6.18 Å². The average molecular weight is 387 g/mol. The summed E-state index contributed by atoms with van der Waals surface area (Å²) in [6.07, 6.45) is -3.17. The lowest BCUT2D eigenvalue weighted by molar-refractivity contribution is -0.166. The van der Waals surface area contributed by atoms with Gasteiger partial charge < -0.3 is 15.4 Å². The largest absolute Gasteiger partial charge is 0.401 e. The van der Waals surface area contributed by atoms with Gasteiger partial charge in [0.05, 0.1) is 19.8 Å². The number of hydrogen-bond acceptors (Lipinski definition) is 4. The van der Waals surface area contributed by atoms with Gasteiger partial charge in [0.15, 0.2) is 0 Å². The topological polar surface area (TPSA) is 70.7 Å². The first-order chi connectivity index (χ1) is 12.8. The molecule has 0 radical (unpaired) electrons. The molecule has 0 saturated carbocycles. The van der Waals surface area contributed by atoms with Gasteiger partial charge in [0.25, 0.3) is 0 Å². The highest BCUT2D eigenvalue weighted by Gasteiger charge is 2.38. The van der Waals surface area contributed by atoms with Crippen LogP contribution in [0.4, 0.5) is 18.9 Å². The number of nitrogens with zero attached hydrogens (tertiary/aromatic N) is 1. The molecule has 2 rings (SSSR count). The summed E-state index contributed by atoms with van der Waals surface area (Å²) >= 11 is 0. The van der Waals surface area contributed by atoms with Crippen molar-refractivity contribution in [3.8, 4) is 0 Å². The van der Waals surface area contributed by atoms with Crippen molar-refractivity contribution in [2.75, 3.05) is 31.6 Å². The fourth-order valence-corrected chi connectivity index (χ4v) is 2.76. The Hall–Kier alpha value is -2.13. The summed E-state index contributed by atoms with van der Waals surface area (Å²) in [5.74, 6) is -0.570. The SMILES string of the molecule is CCCC(=O)Nc1ccc(CNC(=O)[C@@H]2COCCN2CC(F)(F)F)cc1. The van der Waals surface area contributed by atoms with Gasteiger partial charge in [0, 0.05) is 25.2 Å². The van der Waals surface area contributed by atoms with Crippen molar-refractivity contribution in [3.63, 3.8) is 0 Å². The number of ether oxygens (including phenoxy) is 1. The average Bonchev–Trinajstić information content (AvgIpc) is 2.60. The molecule has 1 heterocycles. The number of rotatable bonds is 7. The molecule has 27 heavy (non-hydrogen) atoms. The monoisotopic (exact) mass is 387 g/mol. The first-order valence-corrected chi connectivity index (χ1v) is 8.83. The molecule has 1 aromatic carbocycles. The predicted molar refractivity (Wildman–Crippen MR) is 94.1 cm³/mol. The van der Waals surface area contributed by atoms with Crippen LogP contribution in [0.5, 0.6) is 0 Å². The molecule has 2 N–H and O–H groups in total. The van der Waals surface area contributed by atoms with Crippen molar-refractivity contribution in [3.05, 3.63) is 29.8 Å². The molecule has 1 saturated heterocycles. The first kappa shape index (κ1) is 21.2. The molecule has 1 aliphatic rings. The molecule has 0 unspecified atom stereocenters. The molecule has 150 valence electrons. The Balaban J connectivity index is 1.87. The Morgan fingerprint density at radius 1 is 1.26 bits per heavy atom. The molecule has 0 aliphatic carbocycles. The number of alkyl halides is 3. The van der Waals surface area contributed by atoms with Crippen molar-refractivity contribution in [2.45, 2.75) is 38.5 Å². The van der Waals surface area contributed by atoms with Gasteiger partial charge in [0.2, 0.25) is 11.8 Å². The van der Waals surface area contributed by atoms with E-state index in [1.807, 2.05) is 6.92 Å². The molecule has 1 aliphatic heterocycles. The van der Waals surface area contributed by atoms with E-state index in [0.29, 0.717) is 12.1 Å². The number of morpholine rings is 1. The van der Waals surface area contributed by atoms with E-state index in [9.17, 15) is 22.8 Å². The van der Waals surface area contributed by atoms with Gasteiger partial charge in [0.1, 0.15) is 6.04 Å². The molecule has 0 spiro atoms. The number of benzene rings is 1. The van der Waals surface area contributed by atoms with E-state index >= 15 is 0 Å². The second-order valence-electron chi connectivity index (χ2n) is 6.39. The lowest BCUT2D eigenvalue weighted by atomic mass is 10.1. The quantitative estimate of drug-likeness (QED) is 0.753. The standard InChI is InChI=1S/C18H24F3N3O3/c1-2-3-16(25)23-14-6-4-13(5-7-14)10-22-17(26)15-11-27-9-8-24(15)12-18(19,20)21/h4-7,15H,2-3,8-12H2,1H3,(H,22,26)(H,23,25)/t15-/m0/s1. The molecule has 0 aromatic heterocycles. The summed E-state index contributed by atoms with van der Waals surface area (Å²) in [7, 11) is 0. The first-order valence-electron chi connectivity index (χ1n) is 8.83. The van der Waals surface area contributed by atoms with Gasteiger partial charge in [-0.1, -0.05) is 19.1 Å². The smallest absolute Gasteiger partial charge is 0.378 e. The third-order valence-corrected chi connectivity index (χ3v) is 4.11. The van der Waals surface area contributed by atoms with Crippen LogP contribution in [0.15, 0.2) is 24.3 Å². The maximum Gasteiger partial charge on any atom is 0.401 e. The molecule has 9 heteroatoms. The highest BCUT2D eigenvalue weighted by molar-refractivity contribution is 5.90. The van der Waals surface area contributed by atoms with E-state index in [1.54, 1.807) is 24.3 Å². The Labute approximate surface area is 156 Å². The zero-order valence-corrected chi connectivity index (χ0v) is 15.1. The lowest BCUT2D eigenvalue weighted by Gasteiger charge is -2.34. The molecule has 2 amide bonds. The van der Waals surface area contributed by atoms with Gasteiger partial charge in [-0.2, -0.15) is 13.2 Å². The van der Waals surface area contributed by atoms with E-state index in [1.165, 1.54) is 0 Å². The number of anilines is 1. The van der Waals surface area contributed by atoms with Crippen molar-refractivity contribution >= 4 is 17.5 Å². The van der Waals surface area contributed by atoms with E-state index in [4.69, 9.17) is 4.74 Å². The third-order valence-electron chi connectivity index (χ3n) is 4.11. The summed E-state index contributed by atoms with van der Waals surface area (Å²) in [4.78, 5) is 24.9. The highest BCUT2D eigenvalue weighted by Crippen LogP contribution is 2.20. The Morgan fingerprint density at radius 2 is 1.96 bits per heavy atom. The minimum atomic E-state index is -4.37. The van der Waals surface area contributed by atoms with Crippen LogP contribution in [0.25, 0.3) is 0 Å². The van der Waals surface area contributed by atoms with Gasteiger partial charge in [-0.3, -0.25) is 14.5 Å². The second kappa shape index (κ2) is 9.70. The number of carbonyl (C=O) groups is 2. The Kier molecular flexibility index (Phi) is 7.61. The van der Waals surface area contributed by atoms with Gasteiger partial charge in [-0.15, -0.1) is 0 Å². The normalized spacial score (nSPS) is 18.1. The van der Waals surface area contributed by atoms with E-state index in [2.05, 4.69) is 10.6 Å². The summed E-state index contributed by atoms with van der Waals surface area (Å²) in [5, 5.41) is 5.41. The lowest BCUT2D eigenvalue weighted by Crippen LogP contribution is -2.55. The van der Waals surface area contributed by atoms with Crippen LogP contribution in [0.1, 0.15) is 25.3 Å². The van der Waals surface area contributed by atoms with Crippen LogP contribution in [0.2, 0.25) is 0 Å². The number of amides is 2. The van der Waals surface area contributed by atoms with Crippen LogP contribution >= 0.6 is 0 Å². The minimum absolute atomic E-state index is 0.0593. The van der Waals surface area contributed by atoms with E-state index < -0.39 is 24.7 Å². The van der Waals surface area contributed by atoms with E-state index in [0.717, 1.165) is 16.9 Å². The number of hydrogen-bond donors (Lipinski definition) is 2. The molecular weight excluding hydrogens is 363 g/mol. The number of carbonyl (C=O) groups excluding carboxylic acids is 2. The molecule has 1 fully saturated rings. The number of halogens is 3. The van der Waals surface area contributed by atoms with Gasteiger partial charge in [-0.25, -0.2) is 0 Å². The second-order valence-corrected chi connectivity index (χ2v) is 6.39. The zero-order valence-electron chi connectivity index (χ0n) is 15.1. The van der Waals surface area contributed by atoms with Gasteiger partial charge in [-0.05, 0) is 24.1 Å². The molecule has 0 bridgehead atoms. The van der Waals surface area contributed by atoms with Crippen LogP contribution < -0.4 is 10.6 Å². The zero-order chi connectivity index (χ0) is 19.9. The predicted octanol–water partition coefficient (Wildman–Crippen LogP) is 2.30. The fourth-order valence-electron chi connectivity index (χ4n) is 2.76. The van der Waals surface area contributed by atoms with Crippen LogP contribution in [-0.4, -0.2) is 55.2 Å². The van der Waals surface area contributed by atoms with Crippen molar-refractivity contribution in [1.82, 2.24) is 10.2 Å². The van der Waals surface area contributed by atoms with Crippen LogP contribution in [0, 0.1) is 0 Å². The molecule has 1 aromatic rings. The Bertz CT molecular complexity index is 635. The Morgan fingerprint density at radius 3 is 2.59 bits per heavy atom. The third kappa shape index (κ3) is 7.18. The molecular formula is C18H24F3N3O3. The van der Waals surface area contributed by atoms with Crippen LogP contribution in [-0.2, 0) is 20.9 Å². The minimum Gasteiger partial charge on any atom is -0.378 e. The number of nitrogens with one attached hydrogen (secondary N) is 2. The molecule has 6 nitrogen and oxygen atoms in total. The van der Waals surface area contributed by atoms with Crippen molar-refractivity contribution < 1.29 is 27.5 Å². The highest BCUT2D eigenvalue weighted by atomic mass is 19.4.